The Labute approximate surface area is 105 Å². The molecule has 2 heterocycles. The smallest absolute Gasteiger partial charge is 0.159 e. The van der Waals surface area contributed by atoms with E-state index in [0.717, 1.165) is 17.8 Å². The minimum Gasteiger partial charge on any atom is -0.237 e. The number of fused-ring (bicyclic) bond motifs is 5. The summed E-state index contributed by atoms with van der Waals surface area (Å²) in [6.07, 6.45) is 2.80. The molecule has 0 saturated carbocycles. The Morgan fingerprint density at radius 1 is 1.06 bits per heavy atom. The predicted molar refractivity (Wildman–Crippen MR) is 72.5 cm³/mol. The fraction of sp³-hybridized carbons (Fsp3) is 0.125. The van der Waals surface area contributed by atoms with E-state index in [9.17, 15) is 0 Å². The third-order valence-electron chi connectivity index (χ3n) is 3.72. The highest BCUT2D eigenvalue weighted by Crippen LogP contribution is 2.41. The lowest BCUT2D eigenvalue weighted by atomic mass is 10.0. The minimum absolute atomic E-state index is 0.852. The second kappa shape index (κ2) is 3.39. The average molecular weight is 232 g/mol. The topological polar surface area (TPSA) is 25.8 Å². The maximum Gasteiger partial charge on any atom is 0.159 e. The van der Waals surface area contributed by atoms with Crippen LogP contribution >= 0.6 is 0 Å². The van der Waals surface area contributed by atoms with E-state index in [-0.39, 0.29) is 0 Å². The molecule has 2 aromatic heterocycles. The van der Waals surface area contributed by atoms with Gasteiger partial charge < -0.3 is 0 Å². The number of hydrogen-bond acceptors (Lipinski definition) is 2. The first-order valence-electron chi connectivity index (χ1n) is 6.17. The zero-order valence-corrected chi connectivity index (χ0v) is 10.1. The maximum absolute atomic E-state index is 4.62. The first-order valence-corrected chi connectivity index (χ1v) is 6.17. The summed E-state index contributed by atoms with van der Waals surface area (Å²) in [5.41, 5.74) is 7.39. The van der Waals surface area contributed by atoms with Crippen molar-refractivity contribution in [3.8, 4) is 11.1 Å². The largest absolute Gasteiger partial charge is 0.237 e. The molecular weight excluding hydrogens is 220 g/mol. The second-order valence-corrected chi connectivity index (χ2v) is 4.76. The lowest BCUT2D eigenvalue weighted by Gasteiger charge is -2.07. The molecule has 0 N–H and O–H groups in total. The Hall–Kier alpha value is -2.22. The van der Waals surface area contributed by atoms with Crippen molar-refractivity contribution in [2.45, 2.75) is 13.3 Å². The SMILES string of the molecule is Cc1nc2ncccc2c2c1Cc1ccccc1-2. The molecule has 1 aliphatic carbocycles. The third-order valence-corrected chi connectivity index (χ3v) is 3.72. The van der Waals surface area contributed by atoms with Crippen LogP contribution in [-0.2, 0) is 6.42 Å². The molecule has 0 amide bonds. The van der Waals surface area contributed by atoms with Crippen molar-refractivity contribution in [2.24, 2.45) is 0 Å². The summed E-state index contributed by atoms with van der Waals surface area (Å²) in [6, 6.07) is 12.7. The van der Waals surface area contributed by atoms with E-state index in [1.165, 1.54) is 27.6 Å². The highest BCUT2D eigenvalue weighted by Gasteiger charge is 2.23. The molecule has 2 heteroatoms. The molecule has 0 saturated heterocycles. The molecule has 0 bridgehead atoms. The Balaban J connectivity index is 2.20. The molecule has 0 unspecified atom stereocenters. The molecule has 0 spiro atoms. The summed E-state index contributed by atoms with van der Waals surface area (Å²) < 4.78 is 0. The van der Waals surface area contributed by atoms with Gasteiger partial charge in [0, 0.05) is 23.7 Å². The molecule has 86 valence electrons. The Kier molecular flexibility index (Phi) is 1.84. The van der Waals surface area contributed by atoms with Crippen LogP contribution in [0.4, 0.5) is 0 Å². The number of benzene rings is 1. The van der Waals surface area contributed by atoms with Crippen LogP contribution in [0.3, 0.4) is 0 Å². The first kappa shape index (κ1) is 9.77. The molecule has 18 heavy (non-hydrogen) atoms. The highest BCUT2D eigenvalue weighted by molar-refractivity contribution is 5.98. The highest BCUT2D eigenvalue weighted by atomic mass is 14.8. The van der Waals surface area contributed by atoms with Crippen molar-refractivity contribution >= 4 is 11.0 Å². The van der Waals surface area contributed by atoms with Gasteiger partial charge in [-0.2, -0.15) is 0 Å². The molecule has 3 aromatic rings. The monoisotopic (exact) mass is 232 g/mol. The standard InChI is InChI=1S/C16H12N2/c1-10-14-9-11-5-2-3-6-12(11)15(14)13-7-4-8-17-16(13)18-10/h2-8H,9H2,1H3. The van der Waals surface area contributed by atoms with Crippen molar-refractivity contribution in [3.05, 3.63) is 59.4 Å². The van der Waals surface area contributed by atoms with Gasteiger partial charge in [0.2, 0.25) is 0 Å². The van der Waals surface area contributed by atoms with Gasteiger partial charge in [-0.15, -0.1) is 0 Å². The minimum atomic E-state index is 0.852. The molecule has 1 aromatic carbocycles. The number of rotatable bonds is 0. The van der Waals surface area contributed by atoms with Gasteiger partial charge in [0.15, 0.2) is 5.65 Å². The Bertz CT molecular complexity index is 775. The van der Waals surface area contributed by atoms with Crippen LogP contribution in [0.1, 0.15) is 16.8 Å². The molecular formula is C16H12N2. The average Bonchev–Trinajstić information content (AvgIpc) is 2.79. The van der Waals surface area contributed by atoms with Crippen LogP contribution in [0.25, 0.3) is 22.2 Å². The van der Waals surface area contributed by atoms with Gasteiger partial charge in [-0.25, -0.2) is 9.97 Å². The number of hydrogen-bond donors (Lipinski definition) is 0. The summed E-state index contributed by atoms with van der Waals surface area (Å²) in [4.78, 5) is 9.00. The molecule has 1 aliphatic rings. The van der Waals surface area contributed by atoms with Crippen LogP contribution in [-0.4, -0.2) is 9.97 Å². The summed E-state index contributed by atoms with van der Waals surface area (Å²) >= 11 is 0. The van der Waals surface area contributed by atoms with Gasteiger partial charge in [-0.05, 0) is 41.3 Å². The summed E-state index contributed by atoms with van der Waals surface area (Å²) in [5.74, 6) is 0. The van der Waals surface area contributed by atoms with E-state index in [2.05, 4.69) is 47.2 Å². The van der Waals surface area contributed by atoms with Crippen LogP contribution in [0, 0.1) is 6.92 Å². The van der Waals surface area contributed by atoms with E-state index in [1.54, 1.807) is 0 Å². The van der Waals surface area contributed by atoms with Gasteiger partial charge in [-0.1, -0.05) is 24.3 Å². The van der Waals surface area contributed by atoms with Gasteiger partial charge in [-0.3, -0.25) is 0 Å². The molecule has 2 nitrogen and oxygen atoms in total. The van der Waals surface area contributed by atoms with Crippen molar-refractivity contribution in [3.63, 3.8) is 0 Å². The van der Waals surface area contributed by atoms with Crippen molar-refractivity contribution in [2.75, 3.05) is 0 Å². The van der Waals surface area contributed by atoms with E-state index in [1.807, 2.05) is 12.3 Å². The summed E-state index contributed by atoms with van der Waals surface area (Å²) in [6.45, 7) is 2.08. The number of aromatic nitrogens is 2. The fourth-order valence-corrected chi connectivity index (χ4v) is 2.88. The quantitative estimate of drug-likeness (QED) is 0.463. The normalized spacial score (nSPS) is 12.5. The molecule has 0 aliphatic heterocycles. The van der Waals surface area contributed by atoms with Gasteiger partial charge >= 0.3 is 0 Å². The molecule has 0 fully saturated rings. The van der Waals surface area contributed by atoms with Gasteiger partial charge in [0.1, 0.15) is 0 Å². The van der Waals surface area contributed by atoms with E-state index in [0.29, 0.717) is 0 Å². The Morgan fingerprint density at radius 3 is 2.89 bits per heavy atom. The van der Waals surface area contributed by atoms with Gasteiger partial charge in [0.05, 0.1) is 0 Å². The van der Waals surface area contributed by atoms with Crippen LogP contribution in [0.2, 0.25) is 0 Å². The summed E-state index contributed by atoms with van der Waals surface area (Å²) in [5, 5.41) is 1.17. The van der Waals surface area contributed by atoms with Gasteiger partial charge in [0.25, 0.3) is 0 Å². The lowest BCUT2D eigenvalue weighted by molar-refractivity contribution is 1.12. The molecule has 0 atom stereocenters. The maximum atomic E-state index is 4.62. The zero-order chi connectivity index (χ0) is 12.1. The Morgan fingerprint density at radius 2 is 1.94 bits per heavy atom. The number of pyridine rings is 2. The van der Waals surface area contributed by atoms with E-state index in [4.69, 9.17) is 0 Å². The second-order valence-electron chi connectivity index (χ2n) is 4.76. The molecule has 4 rings (SSSR count). The van der Waals surface area contributed by atoms with Crippen molar-refractivity contribution in [1.29, 1.82) is 0 Å². The predicted octanol–water partition coefficient (Wildman–Crippen LogP) is 3.51. The van der Waals surface area contributed by atoms with Crippen LogP contribution < -0.4 is 0 Å². The van der Waals surface area contributed by atoms with E-state index < -0.39 is 0 Å². The first-order chi connectivity index (χ1) is 8.84. The van der Waals surface area contributed by atoms with Crippen LogP contribution in [0.15, 0.2) is 42.6 Å². The molecule has 0 radical (unpaired) electrons. The lowest BCUT2D eigenvalue weighted by Crippen LogP contribution is -1.94. The fourth-order valence-electron chi connectivity index (χ4n) is 2.88. The van der Waals surface area contributed by atoms with E-state index >= 15 is 0 Å². The zero-order valence-electron chi connectivity index (χ0n) is 10.1. The number of nitrogens with zero attached hydrogens (tertiary/aromatic N) is 2. The number of aryl methyl sites for hydroxylation is 1. The third kappa shape index (κ3) is 1.17. The van der Waals surface area contributed by atoms with Crippen LogP contribution in [0.5, 0.6) is 0 Å². The van der Waals surface area contributed by atoms with Crippen molar-refractivity contribution < 1.29 is 0 Å². The summed E-state index contributed by atoms with van der Waals surface area (Å²) in [7, 11) is 0. The van der Waals surface area contributed by atoms with Crippen molar-refractivity contribution in [1.82, 2.24) is 9.97 Å².